The van der Waals surface area contributed by atoms with Crippen LogP contribution in [0, 0.1) is 0 Å². The van der Waals surface area contributed by atoms with Gasteiger partial charge in [-0.2, -0.15) is 0 Å². The van der Waals surface area contributed by atoms with Crippen molar-refractivity contribution in [2.45, 2.75) is 19.4 Å². The third-order valence-corrected chi connectivity index (χ3v) is 3.61. The maximum atomic E-state index is 11.7. The number of nitrogens with one attached hydrogen (secondary N) is 1. The molecule has 0 heterocycles. The standard InChI is InChI=1S/C11H15NO5S/c13-8-9-4-1-2-5-10(9)12-18(16,17)7-3-6-11(14)15/h1-2,4-5,12-13H,3,6-8H2,(H,14,15). The first-order valence-electron chi connectivity index (χ1n) is 5.35. The van der Waals surface area contributed by atoms with Crippen molar-refractivity contribution in [3.8, 4) is 0 Å². The molecule has 0 amide bonds. The number of anilines is 1. The Bertz CT molecular complexity index is 512. The minimum Gasteiger partial charge on any atom is -0.481 e. The lowest BCUT2D eigenvalue weighted by Gasteiger charge is -2.10. The molecule has 6 nitrogen and oxygen atoms in total. The first kappa shape index (κ1) is 14.5. The number of hydrogen-bond donors (Lipinski definition) is 3. The average Bonchev–Trinajstić information content (AvgIpc) is 2.28. The van der Waals surface area contributed by atoms with Crippen LogP contribution in [0.1, 0.15) is 18.4 Å². The van der Waals surface area contributed by atoms with Crippen LogP contribution in [0.4, 0.5) is 5.69 Å². The average molecular weight is 273 g/mol. The van der Waals surface area contributed by atoms with Crippen molar-refractivity contribution in [2.75, 3.05) is 10.5 Å². The molecule has 0 aromatic heterocycles. The molecule has 7 heteroatoms. The summed E-state index contributed by atoms with van der Waals surface area (Å²) >= 11 is 0. The number of aliphatic hydroxyl groups excluding tert-OH is 1. The molecule has 0 saturated heterocycles. The smallest absolute Gasteiger partial charge is 0.303 e. The molecule has 0 aliphatic rings. The van der Waals surface area contributed by atoms with Gasteiger partial charge in [0, 0.05) is 12.0 Å². The Morgan fingerprint density at radius 3 is 2.56 bits per heavy atom. The molecular formula is C11H15NO5S. The summed E-state index contributed by atoms with van der Waals surface area (Å²) in [5, 5.41) is 17.5. The molecular weight excluding hydrogens is 258 g/mol. The molecule has 100 valence electrons. The molecule has 0 bridgehead atoms. The molecule has 0 saturated carbocycles. The first-order valence-corrected chi connectivity index (χ1v) is 7.01. The first-order chi connectivity index (χ1) is 8.44. The van der Waals surface area contributed by atoms with Gasteiger partial charge < -0.3 is 10.2 Å². The third kappa shape index (κ3) is 4.72. The SMILES string of the molecule is O=C(O)CCCS(=O)(=O)Nc1ccccc1CO. The molecule has 0 spiro atoms. The van der Waals surface area contributed by atoms with E-state index in [0.29, 0.717) is 11.3 Å². The molecule has 0 fully saturated rings. The van der Waals surface area contributed by atoms with E-state index < -0.39 is 16.0 Å². The fraction of sp³-hybridized carbons (Fsp3) is 0.364. The number of sulfonamides is 1. The van der Waals surface area contributed by atoms with Crippen LogP contribution in [0.2, 0.25) is 0 Å². The largest absolute Gasteiger partial charge is 0.481 e. The number of hydrogen-bond acceptors (Lipinski definition) is 4. The zero-order valence-corrected chi connectivity index (χ0v) is 10.5. The summed E-state index contributed by atoms with van der Waals surface area (Å²) in [5.74, 6) is -1.29. The Hall–Kier alpha value is -1.60. The minimum atomic E-state index is -3.59. The number of para-hydroxylation sites is 1. The maximum absolute atomic E-state index is 11.7. The van der Waals surface area contributed by atoms with Gasteiger partial charge in [-0.25, -0.2) is 8.42 Å². The van der Waals surface area contributed by atoms with Crippen molar-refractivity contribution in [3.63, 3.8) is 0 Å². The Labute approximate surface area is 105 Å². The van der Waals surface area contributed by atoms with E-state index >= 15 is 0 Å². The van der Waals surface area contributed by atoms with Gasteiger partial charge in [-0.1, -0.05) is 18.2 Å². The van der Waals surface area contributed by atoms with Crippen molar-refractivity contribution in [3.05, 3.63) is 29.8 Å². The van der Waals surface area contributed by atoms with E-state index in [0.717, 1.165) is 0 Å². The van der Waals surface area contributed by atoms with Gasteiger partial charge in [0.2, 0.25) is 10.0 Å². The molecule has 0 unspecified atom stereocenters. The Morgan fingerprint density at radius 2 is 1.94 bits per heavy atom. The summed E-state index contributed by atoms with van der Waals surface area (Å²) in [7, 11) is -3.59. The molecule has 18 heavy (non-hydrogen) atoms. The topological polar surface area (TPSA) is 104 Å². The van der Waals surface area contributed by atoms with Crippen LogP contribution in [0.5, 0.6) is 0 Å². The van der Waals surface area contributed by atoms with Crippen molar-refractivity contribution < 1.29 is 23.4 Å². The predicted molar refractivity (Wildman–Crippen MR) is 66.6 cm³/mol. The van der Waals surface area contributed by atoms with Gasteiger partial charge in [0.05, 0.1) is 18.0 Å². The Balaban J connectivity index is 2.67. The van der Waals surface area contributed by atoms with E-state index in [1.54, 1.807) is 24.3 Å². The van der Waals surface area contributed by atoms with Crippen LogP contribution >= 0.6 is 0 Å². The van der Waals surface area contributed by atoms with Crippen LogP contribution < -0.4 is 4.72 Å². The van der Waals surface area contributed by atoms with E-state index in [9.17, 15) is 13.2 Å². The fourth-order valence-electron chi connectivity index (χ4n) is 1.39. The van der Waals surface area contributed by atoms with Crippen LogP contribution in [0.25, 0.3) is 0 Å². The monoisotopic (exact) mass is 273 g/mol. The number of carboxylic acids is 1. The predicted octanol–water partition coefficient (Wildman–Crippen LogP) is 0.785. The summed E-state index contributed by atoms with van der Waals surface area (Å²) in [6, 6.07) is 6.48. The van der Waals surface area contributed by atoms with E-state index in [1.807, 2.05) is 0 Å². The molecule has 0 atom stereocenters. The molecule has 0 radical (unpaired) electrons. The van der Waals surface area contributed by atoms with Gasteiger partial charge in [-0.15, -0.1) is 0 Å². The number of benzene rings is 1. The number of carboxylic acid groups (broad SMARTS) is 1. The lowest BCUT2D eigenvalue weighted by atomic mass is 10.2. The van der Waals surface area contributed by atoms with Crippen molar-refractivity contribution >= 4 is 21.7 Å². The van der Waals surface area contributed by atoms with Gasteiger partial charge in [-0.05, 0) is 12.5 Å². The summed E-state index contributed by atoms with van der Waals surface area (Å²) in [4.78, 5) is 10.3. The van der Waals surface area contributed by atoms with Crippen molar-refractivity contribution in [1.29, 1.82) is 0 Å². The van der Waals surface area contributed by atoms with Crippen LogP contribution in [0.3, 0.4) is 0 Å². The van der Waals surface area contributed by atoms with E-state index in [2.05, 4.69) is 4.72 Å². The molecule has 1 rings (SSSR count). The quantitative estimate of drug-likeness (QED) is 0.681. The molecule has 3 N–H and O–H groups in total. The second kappa shape index (κ2) is 6.36. The van der Waals surface area contributed by atoms with Crippen LogP contribution in [-0.4, -0.2) is 30.4 Å². The normalized spacial score (nSPS) is 11.2. The summed E-state index contributed by atoms with van der Waals surface area (Å²) in [6.07, 6.45) is -0.144. The zero-order valence-electron chi connectivity index (χ0n) is 9.67. The minimum absolute atomic E-state index is 0.0476. The van der Waals surface area contributed by atoms with Gasteiger partial charge in [0.1, 0.15) is 0 Å². The highest BCUT2D eigenvalue weighted by atomic mass is 32.2. The molecule has 1 aromatic rings. The van der Waals surface area contributed by atoms with E-state index in [-0.39, 0.29) is 25.2 Å². The third-order valence-electron chi connectivity index (χ3n) is 2.26. The highest BCUT2D eigenvalue weighted by Crippen LogP contribution is 2.16. The highest BCUT2D eigenvalue weighted by molar-refractivity contribution is 7.92. The van der Waals surface area contributed by atoms with Gasteiger partial charge >= 0.3 is 5.97 Å². The fourth-order valence-corrected chi connectivity index (χ4v) is 2.55. The Morgan fingerprint density at radius 1 is 1.28 bits per heavy atom. The highest BCUT2D eigenvalue weighted by Gasteiger charge is 2.13. The number of rotatable bonds is 7. The Kier molecular flexibility index (Phi) is 5.11. The summed E-state index contributed by atoms with van der Waals surface area (Å²) in [6.45, 7) is -0.270. The van der Waals surface area contributed by atoms with Gasteiger partial charge in [0.15, 0.2) is 0 Å². The number of aliphatic carboxylic acids is 1. The van der Waals surface area contributed by atoms with Crippen LogP contribution in [-0.2, 0) is 21.4 Å². The number of aliphatic hydroxyl groups is 1. The second-order valence-corrected chi connectivity index (χ2v) is 5.58. The lowest BCUT2D eigenvalue weighted by Crippen LogP contribution is -2.18. The number of carbonyl (C=O) groups is 1. The lowest BCUT2D eigenvalue weighted by molar-refractivity contribution is -0.137. The summed E-state index contributed by atoms with van der Waals surface area (Å²) < 4.78 is 25.7. The van der Waals surface area contributed by atoms with E-state index in [4.69, 9.17) is 10.2 Å². The summed E-state index contributed by atoms with van der Waals surface area (Å²) in [5.41, 5.74) is 0.787. The van der Waals surface area contributed by atoms with E-state index in [1.165, 1.54) is 0 Å². The molecule has 1 aromatic carbocycles. The van der Waals surface area contributed by atoms with Crippen LogP contribution in [0.15, 0.2) is 24.3 Å². The second-order valence-electron chi connectivity index (χ2n) is 3.73. The van der Waals surface area contributed by atoms with Gasteiger partial charge in [-0.3, -0.25) is 9.52 Å². The molecule has 0 aliphatic carbocycles. The maximum Gasteiger partial charge on any atom is 0.303 e. The van der Waals surface area contributed by atoms with Crippen molar-refractivity contribution in [1.82, 2.24) is 0 Å². The zero-order chi connectivity index (χ0) is 13.6. The van der Waals surface area contributed by atoms with Gasteiger partial charge in [0.25, 0.3) is 0 Å². The molecule has 0 aliphatic heterocycles. The van der Waals surface area contributed by atoms with Crippen molar-refractivity contribution in [2.24, 2.45) is 0 Å².